The first-order valence-corrected chi connectivity index (χ1v) is 23.5. The molecule has 3 amide bonds. The average molecular weight is 891 g/mol. The van der Waals surface area contributed by atoms with Gasteiger partial charge in [0.15, 0.2) is 0 Å². The minimum atomic E-state index is -4.59. The van der Waals surface area contributed by atoms with Gasteiger partial charge in [0.2, 0.25) is 19.2 Å². The van der Waals surface area contributed by atoms with Gasteiger partial charge in [-0.25, -0.2) is 18.6 Å². The number of nitrogens with zero attached hydrogens (tertiary/aromatic N) is 2. The van der Waals surface area contributed by atoms with Gasteiger partial charge in [0.1, 0.15) is 57.7 Å². The van der Waals surface area contributed by atoms with Crippen molar-refractivity contribution in [1.82, 2.24) is 20.5 Å². The molecule has 1 saturated heterocycles. The molecular weight excluding hydrogens is 841 g/mol. The number of benzene rings is 3. The number of halogens is 3. The van der Waals surface area contributed by atoms with E-state index < -0.39 is 78.0 Å². The maximum atomic E-state index is 14.9. The predicted molar refractivity (Wildman–Crippen MR) is 230 cm³/mol. The van der Waals surface area contributed by atoms with Crippen LogP contribution in [0.4, 0.5) is 13.6 Å². The van der Waals surface area contributed by atoms with Crippen molar-refractivity contribution in [3.8, 4) is 22.8 Å². The van der Waals surface area contributed by atoms with Gasteiger partial charge in [-0.05, 0) is 75.6 Å². The standard InChI is InChI=1S/C46H50ClF2N4O8P/c1-59-39-22-21-32-40(24-37(50-42(32)41(39)47)28-13-6-5-7-14-28)60-31-23-38-43(54)52-46(62(57,58)27-33-34(48)18-12-19-35(33)49)25-29(46)15-8-3-2-4-9-20-36(44(55)53(38)26-31)51-45(56)61-30-16-10-11-17-30/h5-8,12-15,18-19,21-22,24,29-31,36,38H,2-4,9-11,16-17,20,23,25-27H2,1H3,(H,51,56)(H,52,54)(H,57,58)/t29-,31-,36+,38+,46+/m1/s1. The molecule has 0 bridgehead atoms. The third kappa shape index (κ3) is 9.05. The molecule has 62 heavy (non-hydrogen) atoms. The van der Waals surface area contributed by atoms with Gasteiger partial charge in [0.05, 0.1) is 31.0 Å². The lowest BCUT2D eigenvalue weighted by Gasteiger charge is -2.31. The SMILES string of the molecule is COc1ccc2c(O[C@@H]3C[C@H]4C(=O)N[C@]5(P(=O)(O)Cc6c(F)cccc6F)C[C@H]5C=CCCCCC[C@H](NC(=O)OC5CCCC5)C(=O)N4C3)cc(-c3ccccc3)nc2c1Cl. The van der Waals surface area contributed by atoms with Crippen molar-refractivity contribution >= 4 is 47.8 Å². The summed E-state index contributed by atoms with van der Waals surface area (Å²) in [6, 6.07) is 15.6. The largest absolute Gasteiger partial charge is 0.495 e. The quantitative estimate of drug-likeness (QED) is 0.110. The van der Waals surface area contributed by atoms with Crippen LogP contribution in [0.3, 0.4) is 0 Å². The Morgan fingerprint density at radius 3 is 2.47 bits per heavy atom. The van der Waals surface area contributed by atoms with E-state index in [-0.39, 0.29) is 36.9 Å². The van der Waals surface area contributed by atoms with E-state index in [1.165, 1.54) is 18.1 Å². The molecule has 1 aromatic heterocycles. The Kier molecular flexibility index (Phi) is 12.9. The summed E-state index contributed by atoms with van der Waals surface area (Å²) in [6.07, 6.45) is 7.36. The van der Waals surface area contributed by atoms with E-state index in [0.717, 1.165) is 49.8 Å². The summed E-state index contributed by atoms with van der Waals surface area (Å²) < 4.78 is 62.2. The average Bonchev–Trinajstić information content (AvgIpc) is 3.52. The molecule has 8 rings (SSSR count). The zero-order valence-corrected chi connectivity index (χ0v) is 36.0. The highest BCUT2D eigenvalue weighted by molar-refractivity contribution is 7.59. The molecule has 2 aliphatic carbocycles. The van der Waals surface area contributed by atoms with Crippen molar-refractivity contribution in [1.29, 1.82) is 0 Å². The van der Waals surface area contributed by atoms with Crippen LogP contribution in [0.25, 0.3) is 22.2 Å². The molecule has 3 fully saturated rings. The normalized spacial score (nSPS) is 25.5. The Bertz CT molecular complexity index is 2400. The number of methoxy groups -OCH3 is 1. The summed E-state index contributed by atoms with van der Waals surface area (Å²) in [6.45, 7) is -0.0886. The number of ether oxygens (including phenoxy) is 3. The minimum Gasteiger partial charge on any atom is -0.495 e. The molecule has 12 nitrogen and oxygen atoms in total. The summed E-state index contributed by atoms with van der Waals surface area (Å²) >= 11 is 6.82. The lowest BCUT2D eigenvalue weighted by Crippen LogP contribution is -2.55. The topological polar surface area (TPSA) is 156 Å². The molecule has 3 heterocycles. The van der Waals surface area contributed by atoms with Crippen LogP contribution in [-0.4, -0.2) is 75.9 Å². The number of aromatic nitrogens is 1. The lowest BCUT2D eigenvalue weighted by atomic mass is 10.0. The van der Waals surface area contributed by atoms with Crippen LogP contribution in [0, 0.1) is 17.6 Å². The number of rotatable bonds is 9. The fourth-order valence-corrected chi connectivity index (χ4v) is 11.8. The number of alkyl carbamates (subject to hydrolysis) is 1. The van der Waals surface area contributed by atoms with Crippen LogP contribution in [0.2, 0.25) is 5.02 Å². The van der Waals surface area contributed by atoms with Gasteiger partial charge in [-0.15, -0.1) is 0 Å². The highest BCUT2D eigenvalue weighted by Crippen LogP contribution is 2.71. The Morgan fingerprint density at radius 2 is 1.73 bits per heavy atom. The molecule has 4 aromatic rings. The molecule has 0 radical (unpaired) electrons. The summed E-state index contributed by atoms with van der Waals surface area (Å²) in [4.78, 5) is 60.8. The van der Waals surface area contributed by atoms with Crippen molar-refractivity contribution in [2.24, 2.45) is 5.92 Å². The zero-order valence-electron chi connectivity index (χ0n) is 34.4. The first kappa shape index (κ1) is 43.6. The van der Waals surface area contributed by atoms with Crippen LogP contribution in [0.15, 0.2) is 78.9 Å². The lowest BCUT2D eigenvalue weighted by molar-refractivity contribution is -0.140. The summed E-state index contributed by atoms with van der Waals surface area (Å²) in [7, 11) is -3.09. The molecule has 4 aliphatic rings. The van der Waals surface area contributed by atoms with E-state index in [1.807, 2.05) is 36.4 Å². The third-order valence-corrected chi connectivity index (χ3v) is 15.5. The van der Waals surface area contributed by atoms with Crippen LogP contribution in [-0.2, 0) is 25.1 Å². The highest BCUT2D eigenvalue weighted by Gasteiger charge is 2.66. The molecule has 1 unspecified atom stereocenters. The van der Waals surface area contributed by atoms with Gasteiger partial charge in [0.25, 0.3) is 0 Å². The van der Waals surface area contributed by atoms with Crippen LogP contribution < -0.4 is 20.1 Å². The van der Waals surface area contributed by atoms with E-state index in [4.69, 9.17) is 30.8 Å². The Morgan fingerprint density at radius 1 is 0.984 bits per heavy atom. The van der Waals surface area contributed by atoms with E-state index in [1.54, 1.807) is 24.3 Å². The summed E-state index contributed by atoms with van der Waals surface area (Å²) in [5.74, 6) is -3.03. The number of pyridine rings is 1. The molecule has 16 heteroatoms. The van der Waals surface area contributed by atoms with E-state index >= 15 is 0 Å². The zero-order chi connectivity index (χ0) is 43.6. The number of hydrogen-bond donors (Lipinski definition) is 3. The van der Waals surface area contributed by atoms with E-state index in [2.05, 4.69) is 10.6 Å². The summed E-state index contributed by atoms with van der Waals surface area (Å²) in [5, 5.41) is 4.71. The highest BCUT2D eigenvalue weighted by atomic mass is 35.5. The van der Waals surface area contributed by atoms with Gasteiger partial charge in [-0.1, -0.05) is 73.0 Å². The van der Waals surface area contributed by atoms with Gasteiger partial charge in [0, 0.05) is 34.9 Å². The molecule has 2 aliphatic heterocycles. The van der Waals surface area contributed by atoms with Crippen molar-refractivity contribution in [3.63, 3.8) is 0 Å². The Hall–Kier alpha value is -5.04. The molecule has 3 aromatic carbocycles. The van der Waals surface area contributed by atoms with Crippen LogP contribution >= 0.6 is 19.0 Å². The van der Waals surface area contributed by atoms with Crippen molar-refractivity contribution < 1.29 is 46.8 Å². The molecule has 6 atom stereocenters. The van der Waals surface area contributed by atoms with Gasteiger partial charge in [-0.3, -0.25) is 14.2 Å². The second kappa shape index (κ2) is 18.4. The van der Waals surface area contributed by atoms with Crippen molar-refractivity contribution in [2.75, 3.05) is 13.7 Å². The number of fused-ring (bicyclic) bond motifs is 3. The number of carbonyl (C=O) groups is 3. The Labute approximate surface area is 363 Å². The second-order valence-electron chi connectivity index (χ2n) is 16.7. The maximum absolute atomic E-state index is 14.9. The van der Waals surface area contributed by atoms with Gasteiger partial charge in [-0.2, -0.15) is 0 Å². The van der Waals surface area contributed by atoms with Crippen molar-refractivity contribution in [2.45, 2.75) is 106 Å². The number of amides is 3. The first-order chi connectivity index (χ1) is 29.9. The number of hydrogen-bond acceptors (Lipinski definition) is 8. The monoisotopic (exact) mass is 890 g/mol. The minimum absolute atomic E-state index is 0.0422. The predicted octanol–water partition coefficient (Wildman–Crippen LogP) is 9.05. The molecule has 328 valence electrons. The molecule has 3 N–H and O–H groups in total. The van der Waals surface area contributed by atoms with Gasteiger partial charge >= 0.3 is 6.09 Å². The van der Waals surface area contributed by atoms with Crippen LogP contribution in [0.1, 0.15) is 76.2 Å². The first-order valence-electron chi connectivity index (χ1n) is 21.3. The van der Waals surface area contributed by atoms with Crippen LogP contribution in [0.5, 0.6) is 11.5 Å². The second-order valence-corrected chi connectivity index (χ2v) is 19.6. The smallest absolute Gasteiger partial charge is 0.408 e. The van der Waals surface area contributed by atoms with E-state index in [0.29, 0.717) is 47.4 Å². The maximum Gasteiger partial charge on any atom is 0.408 e. The Balaban J connectivity index is 1.15. The third-order valence-electron chi connectivity index (χ3n) is 12.6. The summed E-state index contributed by atoms with van der Waals surface area (Å²) in [5.41, 5.74) is 1.20. The number of allylic oxidation sites excluding steroid dienone is 1. The van der Waals surface area contributed by atoms with Crippen molar-refractivity contribution in [3.05, 3.63) is 101 Å². The molecular formula is C46H50ClF2N4O8P. The fourth-order valence-electron chi connectivity index (χ4n) is 9.09. The van der Waals surface area contributed by atoms with E-state index in [9.17, 15) is 32.6 Å². The molecule has 2 saturated carbocycles. The number of carbonyl (C=O) groups excluding carboxylic acids is 3. The fraction of sp³-hybridized carbons (Fsp3) is 0.435. The number of nitrogens with one attached hydrogen (secondary N) is 2. The molecule has 0 spiro atoms. The van der Waals surface area contributed by atoms with Gasteiger partial charge < -0.3 is 34.6 Å².